The van der Waals surface area contributed by atoms with Gasteiger partial charge in [0.15, 0.2) is 0 Å². The largest absolute Gasteiger partial charge is 0.394 e. The maximum Gasteiger partial charge on any atom is 0.241 e. The first-order chi connectivity index (χ1) is 9.29. The summed E-state index contributed by atoms with van der Waals surface area (Å²) >= 11 is 0. The number of hydrogen-bond acceptors (Lipinski definition) is 4. The van der Waals surface area contributed by atoms with Gasteiger partial charge in [-0.25, -0.2) is 0 Å². The van der Waals surface area contributed by atoms with Crippen molar-refractivity contribution in [2.75, 3.05) is 13.2 Å². The van der Waals surface area contributed by atoms with Gasteiger partial charge in [-0.3, -0.25) is 4.79 Å². The van der Waals surface area contributed by atoms with Crippen LogP contribution in [0.4, 0.5) is 0 Å². The number of aliphatic hydroxyl groups is 1. The molecule has 1 heterocycles. The predicted octanol–water partition coefficient (Wildman–Crippen LogP) is 0.796. The van der Waals surface area contributed by atoms with Crippen molar-refractivity contribution in [1.29, 1.82) is 0 Å². The number of nitrogens with two attached hydrogens (primary N) is 1. The lowest BCUT2D eigenvalue weighted by atomic mass is 9.47. The van der Waals surface area contributed by atoms with E-state index in [4.69, 9.17) is 10.5 Å². The fourth-order valence-corrected chi connectivity index (χ4v) is 3.88. The monoisotopic (exact) mass is 284 g/mol. The zero-order valence-electron chi connectivity index (χ0n) is 13.0. The molecule has 116 valence electrons. The van der Waals surface area contributed by atoms with E-state index in [-0.39, 0.29) is 30.0 Å². The van der Waals surface area contributed by atoms with Gasteiger partial charge in [0.05, 0.1) is 18.2 Å². The minimum Gasteiger partial charge on any atom is -0.394 e. The zero-order valence-corrected chi connectivity index (χ0v) is 13.0. The molecule has 0 aromatic carbocycles. The van der Waals surface area contributed by atoms with Gasteiger partial charge in [0.1, 0.15) is 5.54 Å². The zero-order chi connectivity index (χ0) is 15.2. The number of carbonyl (C=O) groups is 1. The second kappa shape index (κ2) is 4.97. The summed E-state index contributed by atoms with van der Waals surface area (Å²) in [6.07, 6.45) is 2.28. The Labute approximate surface area is 121 Å². The Morgan fingerprint density at radius 2 is 2.05 bits per heavy atom. The molecule has 1 saturated carbocycles. The predicted molar refractivity (Wildman–Crippen MR) is 77.1 cm³/mol. The molecule has 1 saturated heterocycles. The highest BCUT2D eigenvalue weighted by molar-refractivity contribution is 5.90. The number of carbonyl (C=O) groups excluding carboxylic acids is 1. The second-order valence-corrected chi connectivity index (χ2v) is 6.88. The molecule has 1 aliphatic carbocycles. The van der Waals surface area contributed by atoms with Crippen molar-refractivity contribution in [3.63, 3.8) is 0 Å². The molecular formula is C15H28N2O3. The Balaban J connectivity index is 2.20. The molecule has 0 aromatic heterocycles. The van der Waals surface area contributed by atoms with Gasteiger partial charge in [-0.05, 0) is 19.3 Å². The lowest BCUT2D eigenvalue weighted by Crippen LogP contribution is -2.81. The van der Waals surface area contributed by atoms with E-state index >= 15 is 0 Å². The molecule has 2 fully saturated rings. The Morgan fingerprint density at radius 3 is 2.55 bits per heavy atom. The Hall–Kier alpha value is -0.650. The van der Waals surface area contributed by atoms with Gasteiger partial charge in [-0.1, -0.05) is 27.7 Å². The van der Waals surface area contributed by atoms with Crippen LogP contribution in [0.2, 0.25) is 0 Å². The van der Waals surface area contributed by atoms with Crippen molar-refractivity contribution >= 4 is 5.91 Å². The second-order valence-electron chi connectivity index (χ2n) is 6.88. The molecule has 3 atom stereocenters. The van der Waals surface area contributed by atoms with Crippen molar-refractivity contribution in [3.05, 3.63) is 0 Å². The average molecular weight is 284 g/mol. The summed E-state index contributed by atoms with van der Waals surface area (Å²) in [5, 5.41) is 12.6. The van der Waals surface area contributed by atoms with Gasteiger partial charge in [0.2, 0.25) is 5.91 Å². The Bertz CT molecular complexity index is 384. The molecule has 1 amide bonds. The summed E-state index contributed by atoms with van der Waals surface area (Å²) in [7, 11) is 0. The quantitative estimate of drug-likeness (QED) is 0.697. The molecule has 20 heavy (non-hydrogen) atoms. The molecule has 5 heteroatoms. The topological polar surface area (TPSA) is 84.6 Å². The first-order valence-corrected chi connectivity index (χ1v) is 7.63. The van der Waals surface area contributed by atoms with Gasteiger partial charge in [-0.2, -0.15) is 0 Å². The van der Waals surface area contributed by atoms with Gasteiger partial charge >= 0.3 is 0 Å². The third-order valence-corrected chi connectivity index (χ3v) is 5.86. The van der Waals surface area contributed by atoms with E-state index in [0.717, 1.165) is 6.42 Å². The van der Waals surface area contributed by atoms with Crippen LogP contribution in [0.25, 0.3) is 0 Å². The van der Waals surface area contributed by atoms with Crippen molar-refractivity contribution in [1.82, 2.24) is 5.32 Å². The first-order valence-electron chi connectivity index (χ1n) is 7.63. The number of amides is 1. The lowest BCUT2D eigenvalue weighted by Gasteiger charge is -2.61. The third kappa shape index (κ3) is 1.83. The summed E-state index contributed by atoms with van der Waals surface area (Å²) in [5.41, 5.74) is 4.66. The van der Waals surface area contributed by atoms with E-state index in [1.54, 1.807) is 0 Å². The standard InChI is InChI=1S/C15H28N2O3/c1-5-14(6-2,9-18)17-12(19)15(16)10-7-8-20-11(10)13(15,3)4/h10-11,18H,5-9,16H2,1-4H3,(H,17,19). The van der Waals surface area contributed by atoms with Crippen LogP contribution in [-0.2, 0) is 9.53 Å². The molecule has 4 N–H and O–H groups in total. The molecule has 0 spiro atoms. The molecule has 5 nitrogen and oxygen atoms in total. The molecule has 0 aromatic rings. The normalized spacial score (nSPS) is 35.3. The highest BCUT2D eigenvalue weighted by atomic mass is 16.5. The van der Waals surface area contributed by atoms with E-state index in [1.807, 2.05) is 27.7 Å². The van der Waals surface area contributed by atoms with E-state index in [1.165, 1.54) is 0 Å². The Morgan fingerprint density at radius 1 is 1.45 bits per heavy atom. The van der Waals surface area contributed by atoms with Crippen LogP contribution in [-0.4, -0.2) is 41.4 Å². The fraction of sp³-hybridized carbons (Fsp3) is 0.933. The SMILES string of the molecule is CCC(CC)(CO)NC(=O)C1(N)C2CCOC2C1(C)C. The average Bonchev–Trinajstić information content (AvgIpc) is 2.92. The van der Waals surface area contributed by atoms with E-state index in [0.29, 0.717) is 19.4 Å². The summed E-state index contributed by atoms with van der Waals surface area (Å²) in [5.74, 6) is -0.0606. The van der Waals surface area contributed by atoms with Crippen LogP contribution in [0.5, 0.6) is 0 Å². The highest BCUT2D eigenvalue weighted by Gasteiger charge is 2.71. The summed E-state index contributed by atoms with van der Waals surface area (Å²) in [6, 6.07) is 0. The maximum atomic E-state index is 12.8. The molecular weight excluding hydrogens is 256 g/mol. The van der Waals surface area contributed by atoms with E-state index < -0.39 is 11.1 Å². The molecule has 2 rings (SSSR count). The van der Waals surface area contributed by atoms with Gasteiger partial charge < -0.3 is 20.9 Å². The number of rotatable bonds is 5. The van der Waals surface area contributed by atoms with Crippen LogP contribution in [0, 0.1) is 11.3 Å². The first kappa shape index (κ1) is 15.7. The summed E-state index contributed by atoms with van der Waals surface area (Å²) in [6.45, 7) is 8.55. The van der Waals surface area contributed by atoms with Crippen LogP contribution in [0.1, 0.15) is 47.0 Å². The molecule has 1 aliphatic heterocycles. The van der Waals surface area contributed by atoms with Gasteiger partial charge in [0.25, 0.3) is 0 Å². The maximum absolute atomic E-state index is 12.8. The minimum atomic E-state index is -0.904. The van der Waals surface area contributed by atoms with Crippen LogP contribution in [0.15, 0.2) is 0 Å². The smallest absolute Gasteiger partial charge is 0.241 e. The molecule has 0 bridgehead atoms. The van der Waals surface area contributed by atoms with Crippen LogP contribution in [0.3, 0.4) is 0 Å². The lowest BCUT2D eigenvalue weighted by molar-refractivity contribution is -0.177. The van der Waals surface area contributed by atoms with Crippen molar-refractivity contribution in [3.8, 4) is 0 Å². The van der Waals surface area contributed by atoms with Crippen molar-refractivity contribution in [2.45, 2.75) is 64.1 Å². The summed E-state index contributed by atoms with van der Waals surface area (Å²) in [4.78, 5) is 12.8. The highest BCUT2D eigenvalue weighted by Crippen LogP contribution is 2.58. The van der Waals surface area contributed by atoms with Crippen LogP contribution < -0.4 is 11.1 Å². The number of aliphatic hydroxyl groups excluding tert-OH is 1. The fourth-order valence-electron chi connectivity index (χ4n) is 3.88. The molecule has 2 aliphatic rings. The third-order valence-electron chi connectivity index (χ3n) is 5.86. The van der Waals surface area contributed by atoms with E-state index in [9.17, 15) is 9.90 Å². The van der Waals surface area contributed by atoms with Gasteiger partial charge in [0, 0.05) is 17.9 Å². The van der Waals surface area contributed by atoms with Crippen molar-refractivity contribution < 1.29 is 14.6 Å². The van der Waals surface area contributed by atoms with Crippen molar-refractivity contribution in [2.24, 2.45) is 17.1 Å². The van der Waals surface area contributed by atoms with Crippen LogP contribution >= 0.6 is 0 Å². The molecule has 3 unspecified atom stereocenters. The number of hydrogen-bond donors (Lipinski definition) is 3. The number of fused-ring (bicyclic) bond motifs is 1. The number of ether oxygens (including phenoxy) is 1. The minimum absolute atomic E-state index is 0.0627. The van der Waals surface area contributed by atoms with Gasteiger partial charge in [-0.15, -0.1) is 0 Å². The number of nitrogens with one attached hydrogen (secondary N) is 1. The Kier molecular flexibility index (Phi) is 3.91. The summed E-state index contributed by atoms with van der Waals surface area (Å²) < 4.78 is 5.71. The molecule has 0 radical (unpaired) electrons. The van der Waals surface area contributed by atoms with E-state index in [2.05, 4.69) is 5.32 Å².